The standard InChI is InChI=1S/C13H17NO2/c1-9(15)13-12-8-11(16-3)5-4-10(12)6-7-14(13)2/h4-5,8,13H,6-7H2,1-3H3. The molecule has 86 valence electrons. The van der Waals surface area contributed by atoms with Crippen LogP contribution in [-0.2, 0) is 11.2 Å². The highest BCUT2D eigenvalue weighted by atomic mass is 16.5. The third-order valence-corrected chi connectivity index (χ3v) is 3.21. The second-order valence-corrected chi connectivity index (χ2v) is 4.31. The first kappa shape index (κ1) is 11.1. The van der Waals surface area contributed by atoms with Crippen LogP contribution < -0.4 is 4.74 Å². The van der Waals surface area contributed by atoms with Crippen molar-refractivity contribution >= 4 is 5.78 Å². The number of hydrogen-bond donors (Lipinski definition) is 0. The van der Waals surface area contributed by atoms with Gasteiger partial charge in [-0.3, -0.25) is 9.69 Å². The van der Waals surface area contributed by atoms with Crippen LogP contribution >= 0.6 is 0 Å². The van der Waals surface area contributed by atoms with Gasteiger partial charge in [0.25, 0.3) is 0 Å². The fourth-order valence-corrected chi connectivity index (χ4v) is 2.37. The lowest BCUT2D eigenvalue weighted by Crippen LogP contribution is -2.35. The smallest absolute Gasteiger partial charge is 0.151 e. The molecule has 1 atom stereocenters. The summed E-state index contributed by atoms with van der Waals surface area (Å²) in [7, 11) is 3.64. The van der Waals surface area contributed by atoms with E-state index in [1.807, 2.05) is 19.2 Å². The van der Waals surface area contributed by atoms with Gasteiger partial charge in [0.1, 0.15) is 5.75 Å². The van der Waals surface area contributed by atoms with E-state index in [1.54, 1.807) is 14.0 Å². The monoisotopic (exact) mass is 219 g/mol. The number of hydrogen-bond acceptors (Lipinski definition) is 3. The molecule has 0 fully saturated rings. The first-order valence-electron chi connectivity index (χ1n) is 5.51. The first-order chi connectivity index (χ1) is 7.63. The summed E-state index contributed by atoms with van der Waals surface area (Å²) in [5.41, 5.74) is 2.36. The van der Waals surface area contributed by atoms with Crippen LogP contribution in [0.15, 0.2) is 18.2 Å². The molecule has 1 unspecified atom stereocenters. The summed E-state index contributed by atoms with van der Waals surface area (Å²) in [6.45, 7) is 2.58. The van der Waals surface area contributed by atoms with Gasteiger partial charge in [0.05, 0.1) is 13.2 Å². The summed E-state index contributed by atoms with van der Waals surface area (Å²) >= 11 is 0. The molecule has 0 aromatic heterocycles. The Hall–Kier alpha value is -1.35. The van der Waals surface area contributed by atoms with Crippen LogP contribution in [0, 0.1) is 0 Å². The summed E-state index contributed by atoms with van der Waals surface area (Å²) in [4.78, 5) is 13.8. The van der Waals surface area contributed by atoms with Gasteiger partial charge in [0, 0.05) is 6.54 Å². The number of Topliss-reactive ketones (excluding diaryl/α,β-unsaturated/α-hetero) is 1. The minimum atomic E-state index is -0.112. The number of ether oxygens (including phenoxy) is 1. The molecule has 0 saturated carbocycles. The number of benzene rings is 1. The van der Waals surface area contributed by atoms with Gasteiger partial charge in [-0.15, -0.1) is 0 Å². The third kappa shape index (κ3) is 1.83. The normalized spacial score (nSPS) is 20.3. The summed E-state index contributed by atoms with van der Waals surface area (Å²) in [6.07, 6.45) is 1.000. The van der Waals surface area contributed by atoms with E-state index in [2.05, 4.69) is 11.0 Å². The van der Waals surface area contributed by atoms with Crippen LogP contribution in [0.25, 0.3) is 0 Å². The lowest BCUT2D eigenvalue weighted by Gasteiger charge is -2.33. The average Bonchev–Trinajstić information content (AvgIpc) is 2.27. The number of fused-ring (bicyclic) bond motifs is 1. The van der Waals surface area contributed by atoms with Gasteiger partial charge >= 0.3 is 0 Å². The van der Waals surface area contributed by atoms with E-state index in [4.69, 9.17) is 4.74 Å². The minimum Gasteiger partial charge on any atom is -0.497 e. The highest BCUT2D eigenvalue weighted by molar-refractivity contribution is 5.83. The molecule has 0 N–H and O–H groups in total. The predicted molar refractivity (Wildman–Crippen MR) is 62.8 cm³/mol. The van der Waals surface area contributed by atoms with Crippen molar-refractivity contribution in [3.63, 3.8) is 0 Å². The van der Waals surface area contributed by atoms with Crippen LogP contribution in [0.1, 0.15) is 24.1 Å². The quantitative estimate of drug-likeness (QED) is 0.759. The van der Waals surface area contributed by atoms with Crippen LogP contribution in [0.2, 0.25) is 0 Å². The van der Waals surface area contributed by atoms with Crippen LogP contribution in [0.5, 0.6) is 5.75 Å². The van der Waals surface area contributed by atoms with Crippen molar-refractivity contribution in [1.82, 2.24) is 4.90 Å². The molecule has 0 amide bonds. The zero-order valence-corrected chi connectivity index (χ0v) is 9.99. The van der Waals surface area contributed by atoms with Crippen molar-refractivity contribution in [1.29, 1.82) is 0 Å². The lowest BCUT2D eigenvalue weighted by molar-refractivity contribution is -0.122. The fraction of sp³-hybridized carbons (Fsp3) is 0.462. The number of carbonyl (C=O) groups excluding carboxylic acids is 1. The topological polar surface area (TPSA) is 29.5 Å². The number of rotatable bonds is 2. The number of nitrogens with zero attached hydrogens (tertiary/aromatic N) is 1. The predicted octanol–water partition coefficient (Wildman–Crippen LogP) is 1.81. The summed E-state index contributed by atoms with van der Waals surface area (Å²) in [5.74, 6) is 1.01. The molecular formula is C13H17NO2. The molecule has 1 aromatic rings. The second kappa shape index (κ2) is 4.26. The molecule has 1 heterocycles. The largest absolute Gasteiger partial charge is 0.497 e. The number of ketones is 1. The molecule has 1 aliphatic rings. The van der Waals surface area contributed by atoms with Gasteiger partial charge in [-0.25, -0.2) is 0 Å². The lowest BCUT2D eigenvalue weighted by atomic mass is 9.91. The van der Waals surface area contributed by atoms with E-state index >= 15 is 0 Å². The van der Waals surface area contributed by atoms with Crippen LogP contribution in [0.3, 0.4) is 0 Å². The van der Waals surface area contributed by atoms with Gasteiger partial charge < -0.3 is 4.74 Å². The van der Waals surface area contributed by atoms with Crippen molar-refractivity contribution in [2.75, 3.05) is 20.7 Å². The Balaban J connectivity index is 2.48. The molecule has 3 heteroatoms. The van der Waals surface area contributed by atoms with E-state index in [0.717, 1.165) is 24.3 Å². The Morgan fingerprint density at radius 2 is 2.25 bits per heavy atom. The van der Waals surface area contributed by atoms with Gasteiger partial charge in [-0.1, -0.05) is 6.07 Å². The van der Waals surface area contributed by atoms with Gasteiger partial charge in [0.2, 0.25) is 0 Å². The zero-order valence-electron chi connectivity index (χ0n) is 9.99. The van der Waals surface area contributed by atoms with E-state index in [1.165, 1.54) is 5.56 Å². The summed E-state index contributed by atoms with van der Waals surface area (Å²) in [5, 5.41) is 0. The molecule has 0 radical (unpaired) electrons. The van der Waals surface area contributed by atoms with Crippen LogP contribution in [-0.4, -0.2) is 31.4 Å². The third-order valence-electron chi connectivity index (χ3n) is 3.21. The molecule has 0 spiro atoms. The Bertz CT molecular complexity index is 414. The minimum absolute atomic E-state index is 0.112. The van der Waals surface area contributed by atoms with Gasteiger partial charge in [0.15, 0.2) is 5.78 Å². The Morgan fingerprint density at radius 3 is 2.88 bits per heavy atom. The van der Waals surface area contributed by atoms with Gasteiger partial charge in [-0.2, -0.15) is 0 Å². The molecule has 1 aromatic carbocycles. The van der Waals surface area contributed by atoms with E-state index in [9.17, 15) is 4.79 Å². The SMILES string of the molecule is COc1ccc2c(c1)C(C(C)=O)N(C)CC2. The Morgan fingerprint density at radius 1 is 1.50 bits per heavy atom. The fourth-order valence-electron chi connectivity index (χ4n) is 2.37. The number of carbonyl (C=O) groups is 1. The summed E-state index contributed by atoms with van der Waals surface area (Å²) < 4.78 is 5.21. The molecule has 1 aliphatic heterocycles. The maximum atomic E-state index is 11.7. The maximum Gasteiger partial charge on any atom is 0.151 e. The highest BCUT2D eigenvalue weighted by Gasteiger charge is 2.28. The van der Waals surface area contributed by atoms with Crippen molar-refractivity contribution < 1.29 is 9.53 Å². The number of methoxy groups -OCH3 is 1. The Labute approximate surface area is 96.0 Å². The molecule has 3 nitrogen and oxygen atoms in total. The molecule has 16 heavy (non-hydrogen) atoms. The van der Waals surface area contributed by atoms with E-state index in [-0.39, 0.29) is 11.8 Å². The molecule has 0 aliphatic carbocycles. The van der Waals surface area contributed by atoms with E-state index < -0.39 is 0 Å². The van der Waals surface area contributed by atoms with Crippen molar-refractivity contribution in [2.24, 2.45) is 0 Å². The molecular weight excluding hydrogens is 202 g/mol. The zero-order chi connectivity index (χ0) is 11.7. The Kier molecular flexibility index (Phi) is 2.97. The first-order valence-corrected chi connectivity index (χ1v) is 5.51. The van der Waals surface area contributed by atoms with Gasteiger partial charge in [-0.05, 0) is 43.7 Å². The molecule has 0 bridgehead atoms. The van der Waals surface area contributed by atoms with Crippen LogP contribution in [0.4, 0.5) is 0 Å². The van der Waals surface area contributed by atoms with Crippen molar-refractivity contribution in [3.8, 4) is 5.75 Å². The molecule has 2 rings (SSSR count). The molecule has 0 saturated heterocycles. The van der Waals surface area contributed by atoms with Crippen molar-refractivity contribution in [3.05, 3.63) is 29.3 Å². The maximum absolute atomic E-state index is 11.7. The van der Waals surface area contributed by atoms with Crippen molar-refractivity contribution in [2.45, 2.75) is 19.4 Å². The summed E-state index contributed by atoms with van der Waals surface area (Å²) in [6, 6.07) is 5.90. The highest BCUT2D eigenvalue weighted by Crippen LogP contribution is 2.31. The second-order valence-electron chi connectivity index (χ2n) is 4.31. The number of likely N-dealkylation sites (N-methyl/N-ethyl adjacent to an activating group) is 1. The average molecular weight is 219 g/mol. The van der Waals surface area contributed by atoms with E-state index in [0.29, 0.717) is 0 Å².